The Morgan fingerprint density at radius 3 is 2.39 bits per heavy atom. The number of carbonyl (C=O) groups is 2. The van der Waals surface area contributed by atoms with Gasteiger partial charge in [-0.3, -0.25) is 9.59 Å². The van der Waals surface area contributed by atoms with E-state index in [0.29, 0.717) is 36.9 Å². The highest BCUT2D eigenvalue weighted by Gasteiger charge is 2.37. The number of unbranched alkanes of at least 4 members (excludes halogenated alkanes) is 1. The molecule has 0 unspecified atom stereocenters. The van der Waals surface area contributed by atoms with Crippen LogP contribution in [-0.4, -0.2) is 35.2 Å². The molecule has 2 N–H and O–H groups in total. The lowest BCUT2D eigenvalue weighted by Gasteiger charge is -2.25. The lowest BCUT2D eigenvalue weighted by Crippen LogP contribution is -2.34. The van der Waals surface area contributed by atoms with Crippen LogP contribution in [0.15, 0.2) is 60.7 Å². The number of hydrogen-bond acceptors (Lipinski definition) is 5. The van der Waals surface area contributed by atoms with E-state index in [1.54, 1.807) is 19.9 Å². The van der Waals surface area contributed by atoms with Gasteiger partial charge in [-0.15, -0.1) is 0 Å². The fraction of sp³-hybridized carbons (Fsp3) is 0.432. The summed E-state index contributed by atoms with van der Waals surface area (Å²) in [7, 11) is 0. The highest BCUT2D eigenvalue weighted by Crippen LogP contribution is 2.31. The van der Waals surface area contributed by atoms with Crippen LogP contribution in [0.5, 0.6) is 11.6 Å². The van der Waals surface area contributed by atoms with Crippen LogP contribution in [-0.2, 0) is 16.0 Å². The summed E-state index contributed by atoms with van der Waals surface area (Å²) in [6.45, 7) is 11.4. The van der Waals surface area contributed by atoms with Crippen molar-refractivity contribution in [2.75, 3.05) is 18.5 Å². The Bertz CT molecular complexity index is 1380. The van der Waals surface area contributed by atoms with Gasteiger partial charge in [-0.1, -0.05) is 64.1 Å². The van der Waals surface area contributed by atoms with Gasteiger partial charge in [-0.25, -0.2) is 4.98 Å². The van der Waals surface area contributed by atoms with E-state index in [2.05, 4.69) is 48.4 Å². The molecule has 0 spiro atoms. The summed E-state index contributed by atoms with van der Waals surface area (Å²) in [5, 5.41) is 12.5. The third kappa shape index (κ3) is 10.9. The minimum absolute atomic E-state index is 0.0630. The second kappa shape index (κ2) is 17.2. The molecule has 0 aliphatic heterocycles. The molecule has 1 amide bonds. The molecular formula is C37H48N2O5. The molecule has 1 heterocycles. The molecule has 0 saturated heterocycles. The van der Waals surface area contributed by atoms with Crippen molar-refractivity contribution >= 4 is 29.7 Å². The maximum atomic E-state index is 12.7. The standard InChI is InChI=1S/C37H48N2O5/c1-6-37(7-2,36(41)42)26-34(40)38-31-13-10-12-30(25-31)17-20-33-28(5)14-21-35(39-33)44-23-9-8-11-29-15-18-32(19-16-29)43-24-22-27(3)4/h10,12-21,25,27H,6-9,11,22-24,26H2,1-5H3,(H,38,40)(H,41,42). The van der Waals surface area contributed by atoms with Gasteiger partial charge in [0.2, 0.25) is 11.8 Å². The normalized spacial score (nSPS) is 11.6. The van der Waals surface area contributed by atoms with E-state index in [4.69, 9.17) is 9.47 Å². The van der Waals surface area contributed by atoms with Crippen molar-refractivity contribution in [2.45, 2.75) is 79.6 Å². The number of anilines is 1. The molecule has 7 heteroatoms. The summed E-state index contributed by atoms with van der Waals surface area (Å²) in [5.74, 6) is 0.915. The minimum Gasteiger partial charge on any atom is -0.494 e. The molecule has 3 rings (SSSR count). The Kier molecular flexibility index (Phi) is 13.5. The lowest BCUT2D eigenvalue weighted by molar-refractivity contribution is -0.151. The van der Waals surface area contributed by atoms with Crippen molar-refractivity contribution < 1.29 is 24.2 Å². The van der Waals surface area contributed by atoms with E-state index >= 15 is 0 Å². The van der Waals surface area contributed by atoms with Crippen LogP contribution < -0.4 is 14.8 Å². The number of aryl methyl sites for hydroxylation is 2. The molecule has 2 aromatic carbocycles. The number of rotatable bonds is 18. The van der Waals surface area contributed by atoms with Crippen LogP contribution in [0.3, 0.4) is 0 Å². The molecule has 7 nitrogen and oxygen atoms in total. The summed E-state index contributed by atoms with van der Waals surface area (Å²) in [4.78, 5) is 29.1. The van der Waals surface area contributed by atoms with Crippen molar-refractivity contribution in [1.82, 2.24) is 4.98 Å². The van der Waals surface area contributed by atoms with Gasteiger partial charge in [-0.2, -0.15) is 0 Å². The van der Waals surface area contributed by atoms with E-state index in [9.17, 15) is 14.7 Å². The lowest BCUT2D eigenvalue weighted by atomic mass is 9.79. The number of ether oxygens (including phenoxy) is 2. The van der Waals surface area contributed by atoms with Gasteiger partial charge in [0.1, 0.15) is 5.75 Å². The molecule has 0 aliphatic rings. The molecule has 0 atom stereocenters. The number of nitrogens with zero attached hydrogens (tertiary/aromatic N) is 1. The predicted molar refractivity (Wildman–Crippen MR) is 178 cm³/mol. The van der Waals surface area contributed by atoms with Crippen LogP contribution in [0.2, 0.25) is 0 Å². The fourth-order valence-electron chi connectivity index (χ4n) is 4.83. The molecule has 0 radical (unpaired) electrons. The Labute approximate surface area is 262 Å². The van der Waals surface area contributed by atoms with Crippen molar-refractivity contribution in [2.24, 2.45) is 11.3 Å². The zero-order valence-corrected chi connectivity index (χ0v) is 26.9. The van der Waals surface area contributed by atoms with Gasteiger partial charge in [-0.05, 0) is 98.4 Å². The summed E-state index contributed by atoms with van der Waals surface area (Å²) < 4.78 is 11.8. The molecule has 0 bridgehead atoms. The average molecular weight is 601 g/mol. The van der Waals surface area contributed by atoms with Crippen LogP contribution >= 0.6 is 0 Å². The van der Waals surface area contributed by atoms with Crippen LogP contribution in [0.25, 0.3) is 12.2 Å². The summed E-state index contributed by atoms with van der Waals surface area (Å²) in [6.07, 6.45) is 8.60. The topological polar surface area (TPSA) is 97.8 Å². The minimum atomic E-state index is -1.05. The first-order valence-corrected chi connectivity index (χ1v) is 15.8. The number of carboxylic acids is 1. The third-order valence-corrected chi connectivity index (χ3v) is 8.02. The number of aliphatic carboxylic acids is 1. The van der Waals surface area contributed by atoms with Crippen molar-refractivity contribution in [3.8, 4) is 11.6 Å². The molecule has 44 heavy (non-hydrogen) atoms. The molecule has 0 fully saturated rings. The quantitative estimate of drug-likeness (QED) is 0.142. The van der Waals surface area contributed by atoms with Gasteiger partial charge in [0.15, 0.2) is 0 Å². The molecule has 1 aromatic heterocycles. The van der Waals surface area contributed by atoms with E-state index in [1.165, 1.54) is 5.56 Å². The molecule has 236 valence electrons. The van der Waals surface area contributed by atoms with Crippen LogP contribution in [0.4, 0.5) is 5.69 Å². The Morgan fingerprint density at radius 1 is 0.955 bits per heavy atom. The first-order chi connectivity index (χ1) is 21.1. The monoisotopic (exact) mass is 600 g/mol. The van der Waals surface area contributed by atoms with Gasteiger partial charge in [0.25, 0.3) is 0 Å². The number of nitrogens with one attached hydrogen (secondary N) is 1. The van der Waals surface area contributed by atoms with Crippen LogP contribution in [0.1, 0.15) is 88.6 Å². The maximum absolute atomic E-state index is 12.7. The highest BCUT2D eigenvalue weighted by atomic mass is 16.5. The summed E-state index contributed by atoms with van der Waals surface area (Å²) in [6, 6.07) is 19.7. The van der Waals surface area contributed by atoms with Gasteiger partial charge >= 0.3 is 5.97 Å². The summed E-state index contributed by atoms with van der Waals surface area (Å²) >= 11 is 0. The highest BCUT2D eigenvalue weighted by molar-refractivity contribution is 5.94. The van der Waals surface area contributed by atoms with Gasteiger partial charge in [0.05, 0.1) is 24.3 Å². The SMILES string of the molecule is CCC(CC)(CC(=O)Nc1cccc(C=Cc2nc(OCCCCc3ccc(OCCC(C)C)cc3)ccc2C)c1)C(=O)O. The van der Waals surface area contributed by atoms with Crippen LogP contribution in [0, 0.1) is 18.3 Å². The largest absolute Gasteiger partial charge is 0.494 e. The van der Waals surface area contributed by atoms with E-state index < -0.39 is 11.4 Å². The third-order valence-electron chi connectivity index (χ3n) is 8.02. The zero-order chi connectivity index (χ0) is 32.0. The number of aromatic nitrogens is 1. The second-order valence-electron chi connectivity index (χ2n) is 11.8. The van der Waals surface area contributed by atoms with Crippen molar-refractivity contribution in [3.05, 3.63) is 83.0 Å². The second-order valence-corrected chi connectivity index (χ2v) is 11.8. The van der Waals surface area contributed by atoms with Crippen molar-refractivity contribution in [3.63, 3.8) is 0 Å². The first kappa shape index (κ1) is 34.4. The Morgan fingerprint density at radius 2 is 1.70 bits per heavy atom. The molecule has 3 aromatic rings. The number of benzene rings is 2. The van der Waals surface area contributed by atoms with Gasteiger partial charge in [0, 0.05) is 18.2 Å². The Balaban J connectivity index is 1.49. The smallest absolute Gasteiger partial charge is 0.310 e. The number of pyridine rings is 1. The first-order valence-electron chi connectivity index (χ1n) is 15.8. The molecule has 0 aliphatic carbocycles. The maximum Gasteiger partial charge on any atom is 0.310 e. The fourth-order valence-corrected chi connectivity index (χ4v) is 4.83. The van der Waals surface area contributed by atoms with E-state index in [-0.39, 0.29) is 12.3 Å². The van der Waals surface area contributed by atoms with E-state index in [1.807, 2.05) is 49.4 Å². The number of carbonyl (C=O) groups excluding carboxylic acids is 1. The number of amides is 1. The molecular weight excluding hydrogens is 552 g/mol. The average Bonchev–Trinajstić information content (AvgIpc) is 3.00. The number of carboxylic acid groups (broad SMARTS) is 1. The van der Waals surface area contributed by atoms with Crippen molar-refractivity contribution in [1.29, 1.82) is 0 Å². The van der Waals surface area contributed by atoms with Gasteiger partial charge < -0.3 is 19.9 Å². The predicted octanol–water partition coefficient (Wildman–Crippen LogP) is 8.61. The zero-order valence-electron chi connectivity index (χ0n) is 26.9. The summed E-state index contributed by atoms with van der Waals surface area (Å²) in [5.41, 5.74) is 3.59. The Hall–Kier alpha value is -4.13. The number of hydrogen-bond donors (Lipinski definition) is 2. The molecule has 0 saturated carbocycles. The van der Waals surface area contributed by atoms with E-state index in [0.717, 1.165) is 54.9 Å².